The minimum Gasteiger partial charge on any atom is -0.319 e. The Morgan fingerprint density at radius 3 is 2.63 bits per heavy atom. The lowest BCUT2D eigenvalue weighted by Crippen LogP contribution is -2.29. The van der Waals surface area contributed by atoms with Crippen LogP contribution in [0.3, 0.4) is 0 Å². The first-order valence-corrected chi connectivity index (χ1v) is 12.8. The number of likely N-dealkylation sites (tertiary alicyclic amines) is 1. The minimum absolute atomic E-state index is 0.289. The number of hydrogen-bond donors (Lipinski definition) is 2. The number of pyridine rings is 2. The molecule has 0 saturated carbocycles. The maximum Gasteiger partial charge on any atom is 0.276 e. The van der Waals surface area contributed by atoms with Crippen molar-refractivity contribution in [3.8, 4) is 22.4 Å². The van der Waals surface area contributed by atoms with Gasteiger partial charge in [-0.15, -0.1) is 0 Å². The van der Waals surface area contributed by atoms with Crippen molar-refractivity contribution < 1.29 is 9.18 Å². The molecule has 1 aliphatic heterocycles. The monoisotopic (exact) mass is 506 g/mol. The van der Waals surface area contributed by atoms with E-state index in [2.05, 4.69) is 36.4 Å². The number of hydrogen-bond acceptors (Lipinski definition) is 5. The normalized spacial score (nSPS) is 14.0. The van der Waals surface area contributed by atoms with Crippen LogP contribution in [0.2, 0.25) is 0 Å². The van der Waals surface area contributed by atoms with Gasteiger partial charge in [-0.2, -0.15) is 5.10 Å². The zero-order chi connectivity index (χ0) is 25.9. The number of fused-ring (bicyclic) bond motifs is 1. The molecule has 6 rings (SSSR count). The third kappa shape index (κ3) is 5.03. The van der Waals surface area contributed by atoms with E-state index in [4.69, 9.17) is 0 Å². The molecule has 1 saturated heterocycles. The third-order valence-corrected chi connectivity index (χ3v) is 6.93. The molecule has 0 atom stereocenters. The van der Waals surface area contributed by atoms with E-state index in [1.54, 1.807) is 30.3 Å². The van der Waals surface area contributed by atoms with E-state index in [0.29, 0.717) is 16.9 Å². The molecule has 1 fully saturated rings. The molecule has 190 valence electrons. The maximum atomic E-state index is 14.1. The molecule has 5 aromatic rings. The zero-order valence-electron chi connectivity index (χ0n) is 20.8. The first kappa shape index (κ1) is 23.9. The molecule has 0 unspecified atom stereocenters. The molecule has 38 heavy (non-hydrogen) atoms. The fourth-order valence-corrected chi connectivity index (χ4v) is 4.96. The second-order valence-corrected chi connectivity index (χ2v) is 9.62. The van der Waals surface area contributed by atoms with Crippen LogP contribution in [-0.2, 0) is 6.54 Å². The molecule has 0 spiro atoms. The molecule has 1 aliphatic rings. The number of anilines is 1. The van der Waals surface area contributed by atoms with Gasteiger partial charge >= 0.3 is 0 Å². The van der Waals surface area contributed by atoms with Crippen molar-refractivity contribution in [2.45, 2.75) is 25.8 Å². The van der Waals surface area contributed by atoms with E-state index in [1.165, 1.54) is 37.1 Å². The molecule has 8 heteroatoms. The number of H-pyrrole nitrogens is 1. The number of nitrogens with one attached hydrogen (secondary N) is 2. The summed E-state index contributed by atoms with van der Waals surface area (Å²) in [4.78, 5) is 24.4. The van der Waals surface area contributed by atoms with E-state index in [-0.39, 0.29) is 17.4 Å². The SMILES string of the molecule is O=C(Nc1ccc(-c2ccccc2F)nc1)c1n[nH]c2ccc(-c3cncc(CN4CCCCC4)c3)cc12. The van der Waals surface area contributed by atoms with E-state index < -0.39 is 0 Å². The van der Waals surface area contributed by atoms with Gasteiger partial charge in [0.1, 0.15) is 5.82 Å². The molecule has 2 aromatic carbocycles. The predicted octanol–water partition coefficient (Wildman–Crippen LogP) is 6.06. The number of aromatic amines is 1. The number of nitrogens with zero attached hydrogens (tertiary/aromatic N) is 4. The first-order valence-electron chi connectivity index (χ1n) is 12.8. The summed E-state index contributed by atoms with van der Waals surface area (Å²) >= 11 is 0. The third-order valence-electron chi connectivity index (χ3n) is 6.93. The Morgan fingerprint density at radius 1 is 0.947 bits per heavy atom. The van der Waals surface area contributed by atoms with Crippen molar-refractivity contribution in [1.29, 1.82) is 0 Å². The number of amides is 1. The van der Waals surface area contributed by atoms with Crippen LogP contribution in [0.4, 0.5) is 10.1 Å². The Morgan fingerprint density at radius 2 is 1.82 bits per heavy atom. The highest BCUT2D eigenvalue weighted by atomic mass is 19.1. The van der Waals surface area contributed by atoms with Gasteiger partial charge in [-0.25, -0.2) is 4.39 Å². The van der Waals surface area contributed by atoms with Crippen LogP contribution in [-0.4, -0.2) is 44.1 Å². The Kier molecular flexibility index (Phi) is 6.62. The lowest BCUT2D eigenvalue weighted by atomic mass is 10.0. The van der Waals surface area contributed by atoms with Crippen LogP contribution < -0.4 is 5.32 Å². The summed E-state index contributed by atoms with van der Waals surface area (Å²) in [6.45, 7) is 3.16. The first-order chi connectivity index (χ1) is 18.6. The van der Waals surface area contributed by atoms with Crippen molar-refractivity contribution >= 4 is 22.5 Å². The number of carbonyl (C=O) groups is 1. The fraction of sp³-hybridized carbons (Fsp3) is 0.200. The van der Waals surface area contributed by atoms with E-state index in [0.717, 1.165) is 41.7 Å². The molecular formula is C30H27FN6O. The molecule has 0 radical (unpaired) electrons. The van der Waals surface area contributed by atoms with Crippen molar-refractivity contribution in [2.24, 2.45) is 0 Å². The average molecular weight is 507 g/mol. The van der Waals surface area contributed by atoms with Crippen molar-refractivity contribution in [3.05, 3.63) is 96.3 Å². The molecule has 0 bridgehead atoms. The summed E-state index contributed by atoms with van der Waals surface area (Å²) in [5, 5.41) is 10.8. The molecular weight excluding hydrogens is 479 g/mol. The number of carbonyl (C=O) groups excluding carboxylic acids is 1. The summed E-state index contributed by atoms with van der Waals surface area (Å²) < 4.78 is 14.1. The molecule has 2 N–H and O–H groups in total. The quantitative estimate of drug-likeness (QED) is 0.292. The Balaban J connectivity index is 1.21. The van der Waals surface area contributed by atoms with E-state index in [1.807, 2.05) is 30.6 Å². The zero-order valence-corrected chi connectivity index (χ0v) is 20.8. The van der Waals surface area contributed by atoms with Gasteiger partial charge in [-0.05, 0) is 79.5 Å². The van der Waals surface area contributed by atoms with Crippen LogP contribution in [0.1, 0.15) is 35.3 Å². The second-order valence-electron chi connectivity index (χ2n) is 9.62. The van der Waals surface area contributed by atoms with Gasteiger partial charge in [0.25, 0.3) is 5.91 Å². The van der Waals surface area contributed by atoms with Gasteiger partial charge in [-0.1, -0.05) is 24.6 Å². The Hall–Kier alpha value is -4.43. The Bertz CT molecular complexity index is 1590. The van der Waals surface area contributed by atoms with Crippen molar-refractivity contribution in [2.75, 3.05) is 18.4 Å². The second kappa shape index (κ2) is 10.5. The van der Waals surface area contributed by atoms with Gasteiger partial charge in [0, 0.05) is 35.5 Å². The summed E-state index contributed by atoms with van der Waals surface area (Å²) in [7, 11) is 0. The van der Waals surface area contributed by atoms with E-state index in [9.17, 15) is 9.18 Å². The van der Waals surface area contributed by atoms with Crippen LogP contribution in [0, 0.1) is 5.82 Å². The van der Waals surface area contributed by atoms with Gasteiger partial charge in [0.05, 0.1) is 23.1 Å². The fourth-order valence-electron chi connectivity index (χ4n) is 4.96. The highest BCUT2D eigenvalue weighted by Crippen LogP contribution is 2.27. The van der Waals surface area contributed by atoms with Gasteiger partial charge < -0.3 is 5.32 Å². The standard InChI is InChI=1S/C30H27FN6O/c31-26-7-3-2-6-24(26)27-11-9-23(18-33-27)34-30(38)29-25-15-21(8-10-28(25)35-36-29)22-14-20(16-32-17-22)19-37-12-4-1-5-13-37/h2-3,6-11,14-18H,1,4-5,12-13,19H2,(H,34,38)(H,35,36). The van der Waals surface area contributed by atoms with Crippen LogP contribution in [0.15, 0.2) is 79.3 Å². The lowest BCUT2D eigenvalue weighted by Gasteiger charge is -2.26. The molecule has 4 heterocycles. The topological polar surface area (TPSA) is 86.8 Å². The minimum atomic E-state index is -0.356. The summed E-state index contributed by atoms with van der Waals surface area (Å²) in [6.07, 6.45) is 9.11. The summed E-state index contributed by atoms with van der Waals surface area (Å²) in [6, 6.07) is 17.9. The Labute approximate surface area is 219 Å². The van der Waals surface area contributed by atoms with Gasteiger partial charge in [0.15, 0.2) is 5.69 Å². The molecule has 7 nitrogen and oxygen atoms in total. The van der Waals surface area contributed by atoms with Crippen LogP contribution in [0.5, 0.6) is 0 Å². The number of rotatable bonds is 6. The van der Waals surface area contributed by atoms with Crippen molar-refractivity contribution in [3.63, 3.8) is 0 Å². The van der Waals surface area contributed by atoms with Gasteiger partial charge in [0.2, 0.25) is 0 Å². The largest absolute Gasteiger partial charge is 0.319 e. The molecule has 3 aromatic heterocycles. The highest BCUT2D eigenvalue weighted by molar-refractivity contribution is 6.11. The molecule has 1 amide bonds. The van der Waals surface area contributed by atoms with Crippen LogP contribution >= 0.6 is 0 Å². The van der Waals surface area contributed by atoms with E-state index >= 15 is 0 Å². The number of aromatic nitrogens is 4. The van der Waals surface area contributed by atoms with Crippen molar-refractivity contribution in [1.82, 2.24) is 25.1 Å². The number of benzene rings is 2. The lowest BCUT2D eigenvalue weighted by molar-refractivity contribution is 0.102. The smallest absolute Gasteiger partial charge is 0.276 e. The van der Waals surface area contributed by atoms with Crippen LogP contribution in [0.25, 0.3) is 33.3 Å². The average Bonchev–Trinajstić information content (AvgIpc) is 3.38. The summed E-state index contributed by atoms with van der Waals surface area (Å²) in [5.74, 6) is -0.700. The maximum absolute atomic E-state index is 14.1. The number of halogens is 1. The number of piperidine rings is 1. The predicted molar refractivity (Wildman–Crippen MR) is 146 cm³/mol. The summed E-state index contributed by atoms with van der Waals surface area (Å²) in [5.41, 5.74) is 5.61. The van der Waals surface area contributed by atoms with Gasteiger partial charge in [-0.3, -0.25) is 24.8 Å². The molecule has 0 aliphatic carbocycles. The highest BCUT2D eigenvalue weighted by Gasteiger charge is 2.17.